The Balaban J connectivity index is 2.04. The molecule has 1 heterocycles. The van der Waals surface area contributed by atoms with Crippen LogP contribution in [0.1, 0.15) is 5.56 Å². The van der Waals surface area contributed by atoms with Crippen molar-refractivity contribution in [3.05, 3.63) is 46.2 Å². The SMILES string of the molecule is NCc1cc(Cl)cc(Cl)c1OCCn1cccn1. The third kappa shape index (κ3) is 3.16. The average molecular weight is 286 g/mol. The largest absolute Gasteiger partial charge is 0.490 e. The van der Waals surface area contributed by atoms with Gasteiger partial charge in [-0.15, -0.1) is 0 Å². The topological polar surface area (TPSA) is 53.1 Å². The first kappa shape index (κ1) is 13.2. The molecule has 0 amide bonds. The molecule has 2 N–H and O–H groups in total. The minimum Gasteiger partial charge on any atom is -0.490 e. The molecule has 0 aliphatic rings. The van der Waals surface area contributed by atoms with Gasteiger partial charge in [0.2, 0.25) is 0 Å². The molecule has 0 unspecified atom stereocenters. The van der Waals surface area contributed by atoms with Crippen molar-refractivity contribution in [2.24, 2.45) is 5.73 Å². The number of benzene rings is 1. The van der Waals surface area contributed by atoms with Gasteiger partial charge in [0.15, 0.2) is 0 Å². The number of hydrogen-bond donors (Lipinski definition) is 1. The van der Waals surface area contributed by atoms with Crippen molar-refractivity contribution in [2.45, 2.75) is 13.1 Å². The molecule has 0 atom stereocenters. The lowest BCUT2D eigenvalue weighted by molar-refractivity contribution is 0.289. The van der Waals surface area contributed by atoms with Crippen LogP contribution in [0.25, 0.3) is 0 Å². The molecule has 0 radical (unpaired) electrons. The number of nitrogens with two attached hydrogens (primary N) is 1. The molecule has 0 aliphatic carbocycles. The number of ether oxygens (including phenoxy) is 1. The van der Waals surface area contributed by atoms with Gasteiger partial charge in [0.05, 0.1) is 11.6 Å². The lowest BCUT2D eigenvalue weighted by atomic mass is 10.2. The zero-order valence-electron chi connectivity index (χ0n) is 9.64. The van der Waals surface area contributed by atoms with E-state index in [9.17, 15) is 0 Å². The van der Waals surface area contributed by atoms with Crippen LogP contribution in [-0.4, -0.2) is 16.4 Å². The molecule has 0 saturated heterocycles. The van der Waals surface area contributed by atoms with E-state index in [-0.39, 0.29) is 0 Å². The molecule has 2 aromatic rings. The second kappa shape index (κ2) is 6.09. The zero-order chi connectivity index (χ0) is 13.0. The molecule has 0 fully saturated rings. The normalized spacial score (nSPS) is 10.6. The summed E-state index contributed by atoms with van der Waals surface area (Å²) >= 11 is 12.0. The highest BCUT2D eigenvalue weighted by Gasteiger charge is 2.09. The monoisotopic (exact) mass is 285 g/mol. The molecular formula is C12H13Cl2N3O. The lowest BCUT2D eigenvalue weighted by Gasteiger charge is -2.12. The lowest BCUT2D eigenvalue weighted by Crippen LogP contribution is -2.10. The van der Waals surface area contributed by atoms with Gasteiger partial charge in [-0.2, -0.15) is 5.10 Å². The van der Waals surface area contributed by atoms with Crippen molar-refractivity contribution in [1.29, 1.82) is 0 Å². The van der Waals surface area contributed by atoms with Gasteiger partial charge in [-0.05, 0) is 18.2 Å². The summed E-state index contributed by atoms with van der Waals surface area (Å²) in [6.45, 7) is 1.45. The van der Waals surface area contributed by atoms with Gasteiger partial charge in [-0.3, -0.25) is 4.68 Å². The van der Waals surface area contributed by atoms with E-state index in [4.69, 9.17) is 33.7 Å². The number of rotatable bonds is 5. The minimum absolute atomic E-state index is 0.331. The van der Waals surface area contributed by atoms with E-state index < -0.39 is 0 Å². The summed E-state index contributed by atoms with van der Waals surface area (Å²) in [5, 5.41) is 5.12. The maximum Gasteiger partial charge on any atom is 0.142 e. The minimum atomic E-state index is 0.331. The maximum absolute atomic E-state index is 6.09. The summed E-state index contributed by atoms with van der Waals surface area (Å²) in [4.78, 5) is 0. The Labute approximate surface area is 115 Å². The number of hydrogen-bond acceptors (Lipinski definition) is 3. The van der Waals surface area contributed by atoms with Crippen molar-refractivity contribution >= 4 is 23.2 Å². The summed E-state index contributed by atoms with van der Waals surface area (Å²) in [6, 6.07) is 5.27. The van der Waals surface area contributed by atoms with Crippen LogP contribution in [0.3, 0.4) is 0 Å². The average Bonchev–Trinajstić information content (AvgIpc) is 2.84. The molecule has 0 spiro atoms. The molecule has 0 saturated carbocycles. The van der Waals surface area contributed by atoms with E-state index in [0.29, 0.717) is 35.5 Å². The summed E-state index contributed by atoms with van der Waals surface area (Å²) in [5.41, 5.74) is 6.44. The Kier molecular flexibility index (Phi) is 4.47. The van der Waals surface area contributed by atoms with E-state index >= 15 is 0 Å². The van der Waals surface area contributed by atoms with Gasteiger partial charge >= 0.3 is 0 Å². The van der Waals surface area contributed by atoms with Crippen molar-refractivity contribution in [1.82, 2.24) is 9.78 Å². The van der Waals surface area contributed by atoms with E-state index in [1.54, 1.807) is 23.0 Å². The summed E-state index contributed by atoms with van der Waals surface area (Å²) < 4.78 is 7.44. The van der Waals surface area contributed by atoms with E-state index in [1.807, 2.05) is 12.3 Å². The number of nitrogens with zero attached hydrogens (tertiary/aromatic N) is 2. The first-order valence-corrected chi connectivity index (χ1v) is 6.24. The molecule has 1 aromatic carbocycles. The van der Waals surface area contributed by atoms with Gasteiger partial charge in [0.25, 0.3) is 0 Å². The van der Waals surface area contributed by atoms with Crippen LogP contribution in [-0.2, 0) is 13.1 Å². The second-order valence-corrected chi connectivity index (χ2v) is 4.54. The molecule has 0 bridgehead atoms. The van der Waals surface area contributed by atoms with Gasteiger partial charge in [0, 0.05) is 29.5 Å². The summed E-state index contributed by atoms with van der Waals surface area (Å²) in [7, 11) is 0. The molecule has 6 heteroatoms. The van der Waals surface area contributed by atoms with Gasteiger partial charge in [-0.1, -0.05) is 23.2 Å². The van der Waals surface area contributed by atoms with Crippen LogP contribution in [0.15, 0.2) is 30.6 Å². The highest BCUT2D eigenvalue weighted by Crippen LogP contribution is 2.32. The quantitative estimate of drug-likeness (QED) is 0.919. The molecule has 4 nitrogen and oxygen atoms in total. The molecular weight excluding hydrogens is 273 g/mol. The Hall–Kier alpha value is -1.23. The Bertz CT molecular complexity index is 514. The van der Waals surface area contributed by atoms with Crippen molar-refractivity contribution < 1.29 is 4.74 Å². The molecule has 1 aromatic heterocycles. The summed E-state index contributed by atoms with van der Waals surface area (Å²) in [5.74, 6) is 0.593. The standard InChI is InChI=1S/C12H13Cl2N3O/c13-10-6-9(8-15)12(11(14)7-10)18-5-4-17-3-1-2-16-17/h1-3,6-7H,4-5,8,15H2. The fourth-order valence-electron chi connectivity index (χ4n) is 1.60. The first-order valence-electron chi connectivity index (χ1n) is 5.49. The van der Waals surface area contributed by atoms with Gasteiger partial charge in [-0.25, -0.2) is 0 Å². The first-order chi connectivity index (χ1) is 8.70. The predicted octanol–water partition coefficient (Wildman–Crippen LogP) is 2.73. The van der Waals surface area contributed by atoms with E-state index in [2.05, 4.69) is 5.10 Å². The van der Waals surface area contributed by atoms with Crippen LogP contribution in [0.2, 0.25) is 10.0 Å². The van der Waals surface area contributed by atoms with Crippen molar-refractivity contribution in [3.63, 3.8) is 0 Å². The van der Waals surface area contributed by atoms with Crippen LogP contribution < -0.4 is 10.5 Å². The van der Waals surface area contributed by atoms with Crippen LogP contribution in [0.5, 0.6) is 5.75 Å². The number of halogens is 2. The van der Waals surface area contributed by atoms with E-state index in [0.717, 1.165) is 5.56 Å². The highest BCUT2D eigenvalue weighted by molar-refractivity contribution is 6.35. The second-order valence-electron chi connectivity index (χ2n) is 3.70. The third-order valence-electron chi connectivity index (χ3n) is 2.43. The highest BCUT2D eigenvalue weighted by atomic mass is 35.5. The third-order valence-corrected chi connectivity index (χ3v) is 2.93. The fraction of sp³-hybridized carbons (Fsp3) is 0.250. The predicted molar refractivity (Wildman–Crippen MR) is 72.1 cm³/mol. The maximum atomic E-state index is 6.09. The van der Waals surface area contributed by atoms with Crippen molar-refractivity contribution in [2.75, 3.05) is 6.61 Å². The van der Waals surface area contributed by atoms with Crippen molar-refractivity contribution in [3.8, 4) is 5.75 Å². The van der Waals surface area contributed by atoms with Gasteiger partial charge < -0.3 is 10.5 Å². The van der Waals surface area contributed by atoms with Crippen LogP contribution >= 0.6 is 23.2 Å². The zero-order valence-corrected chi connectivity index (χ0v) is 11.2. The van der Waals surface area contributed by atoms with E-state index in [1.165, 1.54) is 0 Å². The molecule has 18 heavy (non-hydrogen) atoms. The Morgan fingerprint density at radius 1 is 1.33 bits per heavy atom. The Morgan fingerprint density at radius 2 is 2.17 bits per heavy atom. The number of aromatic nitrogens is 2. The molecule has 2 rings (SSSR count). The molecule has 0 aliphatic heterocycles. The molecule has 96 valence electrons. The van der Waals surface area contributed by atoms with Crippen LogP contribution in [0, 0.1) is 0 Å². The summed E-state index contributed by atoms with van der Waals surface area (Å²) in [6.07, 6.45) is 3.59. The van der Waals surface area contributed by atoms with Crippen LogP contribution in [0.4, 0.5) is 0 Å². The Morgan fingerprint density at radius 3 is 2.83 bits per heavy atom. The van der Waals surface area contributed by atoms with Gasteiger partial charge in [0.1, 0.15) is 12.4 Å². The smallest absolute Gasteiger partial charge is 0.142 e. The fourth-order valence-corrected chi connectivity index (χ4v) is 2.19.